The van der Waals surface area contributed by atoms with E-state index < -0.39 is 24.0 Å². The first-order chi connectivity index (χ1) is 15.9. The van der Waals surface area contributed by atoms with Crippen LogP contribution in [0.4, 0.5) is 0 Å². The molecule has 33 heavy (non-hydrogen) atoms. The van der Waals surface area contributed by atoms with Crippen LogP contribution in [0.15, 0.2) is 48.5 Å². The van der Waals surface area contributed by atoms with Crippen LogP contribution >= 0.6 is 0 Å². The number of ether oxygens (including phenoxy) is 1. The van der Waals surface area contributed by atoms with Crippen LogP contribution in [0.3, 0.4) is 0 Å². The van der Waals surface area contributed by atoms with Crippen molar-refractivity contribution < 1.29 is 24.5 Å². The number of aromatic hydroxyl groups is 2. The van der Waals surface area contributed by atoms with Crippen molar-refractivity contribution >= 4 is 11.9 Å². The third kappa shape index (κ3) is 9.95. The highest BCUT2D eigenvalue weighted by atomic mass is 16.5. The van der Waals surface area contributed by atoms with E-state index in [0.29, 0.717) is 6.61 Å². The molecule has 2 atom stereocenters. The summed E-state index contributed by atoms with van der Waals surface area (Å²) in [5.41, 5.74) is 7.65. The monoisotopic (exact) mass is 456 g/mol. The lowest BCUT2D eigenvalue weighted by Gasteiger charge is -2.20. The van der Waals surface area contributed by atoms with Crippen molar-refractivity contribution in [2.45, 2.75) is 70.4 Å². The lowest BCUT2D eigenvalue weighted by atomic mass is 10.0. The Morgan fingerprint density at radius 3 is 1.94 bits per heavy atom. The molecular weight excluding hydrogens is 420 g/mol. The summed E-state index contributed by atoms with van der Waals surface area (Å²) in [6.07, 6.45) is 6.98. The molecule has 0 saturated heterocycles. The summed E-state index contributed by atoms with van der Waals surface area (Å²) in [6.45, 7) is 2.48. The van der Waals surface area contributed by atoms with Gasteiger partial charge in [0, 0.05) is 6.42 Å². The van der Waals surface area contributed by atoms with Gasteiger partial charge in [0.25, 0.3) is 0 Å². The second kappa shape index (κ2) is 14.2. The summed E-state index contributed by atoms with van der Waals surface area (Å²) >= 11 is 0. The van der Waals surface area contributed by atoms with E-state index >= 15 is 0 Å². The standard InChI is InChI=1S/C26H36N2O5/c1-2-3-4-5-6-7-16-33-26(32)24(18-20-10-14-22(30)15-11-20)28-25(31)23(27)17-19-8-12-21(29)13-9-19/h8-15,23-24,29-30H,2-7,16-18,27H2,1H3,(H,28,31). The zero-order valence-corrected chi connectivity index (χ0v) is 19.3. The van der Waals surface area contributed by atoms with Crippen LogP contribution in [0.25, 0.3) is 0 Å². The summed E-state index contributed by atoms with van der Waals surface area (Å²) in [5, 5.41) is 21.6. The zero-order valence-electron chi connectivity index (χ0n) is 19.3. The van der Waals surface area contributed by atoms with Gasteiger partial charge >= 0.3 is 5.97 Å². The number of phenols is 2. The zero-order chi connectivity index (χ0) is 24.1. The number of unbranched alkanes of at least 4 members (excludes halogenated alkanes) is 5. The van der Waals surface area contributed by atoms with E-state index in [1.54, 1.807) is 24.3 Å². The Morgan fingerprint density at radius 1 is 0.848 bits per heavy atom. The summed E-state index contributed by atoms with van der Waals surface area (Å²) in [7, 11) is 0. The number of nitrogens with two attached hydrogens (primary N) is 1. The van der Waals surface area contributed by atoms with Gasteiger partial charge in [0.1, 0.15) is 17.5 Å². The number of phenolic OH excluding ortho intramolecular Hbond substituents is 2. The third-order valence-corrected chi connectivity index (χ3v) is 5.45. The Morgan fingerprint density at radius 2 is 1.36 bits per heavy atom. The fraction of sp³-hybridized carbons (Fsp3) is 0.462. The van der Waals surface area contributed by atoms with Crippen LogP contribution in [-0.2, 0) is 27.2 Å². The molecule has 5 N–H and O–H groups in total. The van der Waals surface area contributed by atoms with E-state index in [9.17, 15) is 19.8 Å². The molecule has 7 heteroatoms. The Labute approximate surface area is 196 Å². The normalized spacial score (nSPS) is 12.7. The SMILES string of the molecule is CCCCCCCCOC(=O)C(Cc1ccc(O)cc1)NC(=O)C(N)Cc1ccc(O)cc1. The van der Waals surface area contributed by atoms with E-state index in [-0.39, 0.29) is 24.3 Å². The van der Waals surface area contributed by atoms with Crippen molar-refractivity contribution in [1.82, 2.24) is 5.32 Å². The number of esters is 1. The van der Waals surface area contributed by atoms with Gasteiger partial charge in [-0.2, -0.15) is 0 Å². The average molecular weight is 457 g/mol. The highest BCUT2D eigenvalue weighted by Gasteiger charge is 2.25. The number of carbonyl (C=O) groups excluding carboxylic acids is 2. The third-order valence-electron chi connectivity index (χ3n) is 5.45. The maximum atomic E-state index is 12.7. The summed E-state index contributed by atoms with van der Waals surface area (Å²) in [4.78, 5) is 25.5. The van der Waals surface area contributed by atoms with Crippen molar-refractivity contribution in [2.24, 2.45) is 5.73 Å². The van der Waals surface area contributed by atoms with E-state index in [1.807, 2.05) is 0 Å². The first-order valence-corrected chi connectivity index (χ1v) is 11.7. The van der Waals surface area contributed by atoms with Gasteiger partial charge in [0.05, 0.1) is 12.6 Å². The van der Waals surface area contributed by atoms with Gasteiger partial charge in [-0.3, -0.25) is 4.79 Å². The van der Waals surface area contributed by atoms with E-state index in [0.717, 1.165) is 30.4 Å². The summed E-state index contributed by atoms with van der Waals surface area (Å²) in [6, 6.07) is 11.2. The molecule has 0 radical (unpaired) electrons. The molecule has 0 aliphatic carbocycles. The Hall–Kier alpha value is -3.06. The summed E-state index contributed by atoms with van der Waals surface area (Å²) in [5.74, 6) is -0.690. The van der Waals surface area contributed by atoms with Crippen LogP contribution < -0.4 is 11.1 Å². The average Bonchev–Trinajstić information content (AvgIpc) is 2.80. The molecule has 1 amide bonds. The van der Waals surface area contributed by atoms with Gasteiger partial charge in [-0.05, 0) is 48.2 Å². The maximum absolute atomic E-state index is 12.7. The molecule has 0 bridgehead atoms. The molecular formula is C26H36N2O5. The van der Waals surface area contributed by atoms with Crippen LogP contribution in [0.2, 0.25) is 0 Å². The molecule has 0 saturated carbocycles. The molecule has 0 fully saturated rings. The van der Waals surface area contributed by atoms with E-state index in [1.165, 1.54) is 43.5 Å². The maximum Gasteiger partial charge on any atom is 0.328 e. The molecule has 2 aromatic carbocycles. The van der Waals surface area contributed by atoms with Gasteiger partial charge in [-0.15, -0.1) is 0 Å². The predicted octanol–water partition coefficient (Wildman–Crippen LogP) is 3.60. The van der Waals surface area contributed by atoms with Crippen molar-refractivity contribution in [1.29, 1.82) is 0 Å². The van der Waals surface area contributed by atoms with Crippen LogP contribution in [-0.4, -0.2) is 40.8 Å². The Kier molecular flexibility index (Phi) is 11.2. The van der Waals surface area contributed by atoms with Gasteiger partial charge in [-0.25, -0.2) is 4.79 Å². The topological polar surface area (TPSA) is 122 Å². The summed E-state index contributed by atoms with van der Waals surface area (Å²) < 4.78 is 5.45. The number of rotatable bonds is 14. The number of nitrogens with one attached hydrogen (secondary N) is 1. The van der Waals surface area contributed by atoms with Gasteiger partial charge in [0.2, 0.25) is 5.91 Å². The minimum absolute atomic E-state index is 0.126. The molecule has 2 unspecified atom stereocenters. The highest BCUT2D eigenvalue weighted by molar-refractivity contribution is 5.87. The first-order valence-electron chi connectivity index (χ1n) is 11.7. The highest BCUT2D eigenvalue weighted by Crippen LogP contribution is 2.14. The molecule has 2 aromatic rings. The van der Waals surface area contributed by atoms with Crippen LogP contribution in [0, 0.1) is 0 Å². The smallest absolute Gasteiger partial charge is 0.328 e. The number of amides is 1. The van der Waals surface area contributed by atoms with Crippen molar-refractivity contribution in [3.05, 3.63) is 59.7 Å². The minimum atomic E-state index is -0.881. The molecule has 0 heterocycles. The molecule has 180 valence electrons. The molecule has 0 spiro atoms. The van der Waals surface area contributed by atoms with Gasteiger partial charge < -0.3 is 26.0 Å². The van der Waals surface area contributed by atoms with Crippen molar-refractivity contribution in [2.75, 3.05) is 6.61 Å². The van der Waals surface area contributed by atoms with Crippen LogP contribution in [0.5, 0.6) is 11.5 Å². The van der Waals surface area contributed by atoms with Gasteiger partial charge in [0.15, 0.2) is 0 Å². The molecule has 0 aromatic heterocycles. The predicted molar refractivity (Wildman–Crippen MR) is 128 cm³/mol. The van der Waals surface area contributed by atoms with Crippen molar-refractivity contribution in [3.8, 4) is 11.5 Å². The molecule has 7 nitrogen and oxygen atoms in total. The molecule has 0 aliphatic rings. The minimum Gasteiger partial charge on any atom is -0.508 e. The number of benzene rings is 2. The molecule has 2 rings (SSSR count). The lowest BCUT2D eigenvalue weighted by molar-refractivity contribution is -0.148. The van der Waals surface area contributed by atoms with Gasteiger partial charge in [-0.1, -0.05) is 63.3 Å². The second-order valence-corrected chi connectivity index (χ2v) is 8.34. The Balaban J connectivity index is 1.94. The fourth-order valence-electron chi connectivity index (χ4n) is 3.47. The molecule has 0 aliphatic heterocycles. The largest absolute Gasteiger partial charge is 0.508 e. The first kappa shape index (κ1) is 26.2. The van der Waals surface area contributed by atoms with Crippen molar-refractivity contribution in [3.63, 3.8) is 0 Å². The second-order valence-electron chi connectivity index (χ2n) is 8.34. The lowest BCUT2D eigenvalue weighted by Crippen LogP contribution is -2.50. The number of hydrogen-bond acceptors (Lipinski definition) is 6. The number of carbonyl (C=O) groups is 2. The quantitative estimate of drug-likeness (QED) is 0.255. The fourth-order valence-corrected chi connectivity index (χ4v) is 3.47. The van der Waals surface area contributed by atoms with Crippen LogP contribution in [0.1, 0.15) is 56.6 Å². The van der Waals surface area contributed by atoms with E-state index in [2.05, 4.69) is 12.2 Å². The number of hydrogen-bond donors (Lipinski definition) is 4. The Bertz CT molecular complexity index is 852. The van der Waals surface area contributed by atoms with E-state index in [4.69, 9.17) is 10.5 Å².